The number of likely N-dealkylation sites (N-methyl/N-ethyl adjacent to an activating group) is 2. The smallest absolute Gasteiger partial charge is 0.222 e. The third kappa shape index (κ3) is 9.68. The van der Waals surface area contributed by atoms with E-state index >= 15 is 0 Å². The molecule has 0 aliphatic heterocycles. The maximum Gasteiger partial charge on any atom is 0.222 e. The number of benzene rings is 1. The van der Waals surface area contributed by atoms with Crippen LogP contribution in [0.5, 0.6) is 0 Å². The first kappa shape index (κ1) is 27.9. The first-order chi connectivity index (χ1) is 17.8. The lowest BCUT2D eigenvalue weighted by Gasteiger charge is -2.20. The summed E-state index contributed by atoms with van der Waals surface area (Å²) in [5.41, 5.74) is 5.02. The van der Waals surface area contributed by atoms with Crippen LogP contribution in [0.1, 0.15) is 41.8 Å². The maximum absolute atomic E-state index is 11.2. The van der Waals surface area contributed by atoms with E-state index in [1.807, 2.05) is 25.1 Å². The van der Waals surface area contributed by atoms with E-state index in [9.17, 15) is 4.79 Å². The minimum atomic E-state index is -0.146. The SMILES string of the molecule is CCN(C)CCN(C)CCc1ccc(CNc2cc(C#Cc3ccc(NC(C)=O)nc3C)ccn2)cc1. The number of rotatable bonds is 11. The van der Waals surface area contributed by atoms with E-state index < -0.39 is 0 Å². The average molecular weight is 499 g/mol. The monoisotopic (exact) mass is 498 g/mol. The average Bonchev–Trinajstić information content (AvgIpc) is 2.89. The molecule has 0 aliphatic rings. The van der Waals surface area contributed by atoms with Gasteiger partial charge in [-0.3, -0.25) is 4.79 Å². The van der Waals surface area contributed by atoms with Crippen LogP contribution in [0.2, 0.25) is 0 Å². The van der Waals surface area contributed by atoms with Crippen LogP contribution in [-0.4, -0.2) is 65.9 Å². The van der Waals surface area contributed by atoms with Gasteiger partial charge in [0.1, 0.15) is 11.6 Å². The molecule has 37 heavy (non-hydrogen) atoms. The van der Waals surface area contributed by atoms with Crippen molar-refractivity contribution in [3.8, 4) is 11.8 Å². The highest BCUT2D eigenvalue weighted by Gasteiger charge is 2.04. The van der Waals surface area contributed by atoms with Gasteiger partial charge < -0.3 is 20.4 Å². The standard InChI is InChI=1S/C30H38N6O/c1-6-35(4)19-20-36(5)18-16-25-7-9-27(10-8-25)22-32-30-21-26(15-17-31-30)11-12-28-13-14-29(33-23(28)2)34-24(3)37/h7-10,13-15,17,21H,6,16,18-20,22H2,1-5H3,(H,31,32)(H,33,34,37). The molecule has 0 atom stereocenters. The predicted octanol–water partition coefficient (Wildman–Crippen LogP) is 4.18. The van der Waals surface area contributed by atoms with Crippen molar-refractivity contribution in [2.75, 3.05) is 50.9 Å². The van der Waals surface area contributed by atoms with Gasteiger partial charge in [-0.1, -0.05) is 43.0 Å². The molecule has 7 nitrogen and oxygen atoms in total. The van der Waals surface area contributed by atoms with Gasteiger partial charge in [0, 0.05) is 50.4 Å². The molecule has 0 saturated heterocycles. The van der Waals surface area contributed by atoms with Crippen LogP contribution >= 0.6 is 0 Å². The lowest BCUT2D eigenvalue weighted by atomic mass is 10.1. The summed E-state index contributed by atoms with van der Waals surface area (Å²) in [6, 6.07) is 16.2. The molecule has 7 heteroatoms. The largest absolute Gasteiger partial charge is 0.366 e. The van der Waals surface area contributed by atoms with Crippen molar-refractivity contribution in [3.63, 3.8) is 0 Å². The molecule has 1 aromatic carbocycles. The fourth-order valence-electron chi connectivity index (χ4n) is 3.64. The summed E-state index contributed by atoms with van der Waals surface area (Å²) in [7, 11) is 4.35. The molecule has 194 valence electrons. The van der Waals surface area contributed by atoms with E-state index in [0.29, 0.717) is 12.4 Å². The number of aromatic nitrogens is 2. The Morgan fingerprint density at radius 2 is 1.65 bits per heavy atom. The Labute approximate surface area is 221 Å². The Bertz CT molecular complexity index is 1230. The van der Waals surface area contributed by atoms with Crippen molar-refractivity contribution in [2.45, 2.75) is 33.7 Å². The van der Waals surface area contributed by atoms with Gasteiger partial charge in [-0.05, 0) is 69.4 Å². The van der Waals surface area contributed by atoms with Gasteiger partial charge in [-0.25, -0.2) is 9.97 Å². The first-order valence-corrected chi connectivity index (χ1v) is 12.7. The van der Waals surface area contributed by atoms with Crippen LogP contribution in [-0.2, 0) is 17.8 Å². The molecule has 0 saturated carbocycles. The molecule has 0 spiro atoms. The number of nitrogens with zero attached hydrogens (tertiary/aromatic N) is 4. The summed E-state index contributed by atoms with van der Waals surface area (Å²) in [4.78, 5) is 24.8. The molecule has 0 bridgehead atoms. The van der Waals surface area contributed by atoms with E-state index in [1.165, 1.54) is 18.1 Å². The van der Waals surface area contributed by atoms with Crippen molar-refractivity contribution >= 4 is 17.5 Å². The van der Waals surface area contributed by atoms with E-state index in [1.54, 1.807) is 12.3 Å². The lowest BCUT2D eigenvalue weighted by Crippen LogP contribution is -2.31. The minimum Gasteiger partial charge on any atom is -0.366 e. The van der Waals surface area contributed by atoms with E-state index in [2.05, 4.69) is 87.5 Å². The zero-order chi connectivity index (χ0) is 26.6. The second-order valence-electron chi connectivity index (χ2n) is 9.31. The summed E-state index contributed by atoms with van der Waals surface area (Å²) < 4.78 is 0. The van der Waals surface area contributed by atoms with E-state index in [-0.39, 0.29) is 5.91 Å². The van der Waals surface area contributed by atoms with Crippen molar-refractivity contribution in [3.05, 3.63) is 82.7 Å². The van der Waals surface area contributed by atoms with Crippen LogP contribution < -0.4 is 10.6 Å². The van der Waals surface area contributed by atoms with Crippen molar-refractivity contribution in [1.29, 1.82) is 0 Å². The first-order valence-electron chi connectivity index (χ1n) is 12.7. The third-order valence-electron chi connectivity index (χ3n) is 6.17. The predicted molar refractivity (Wildman–Crippen MR) is 152 cm³/mol. The van der Waals surface area contributed by atoms with Crippen LogP contribution in [0.4, 0.5) is 11.6 Å². The number of carbonyl (C=O) groups is 1. The van der Waals surface area contributed by atoms with Crippen LogP contribution in [0.25, 0.3) is 0 Å². The van der Waals surface area contributed by atoms with Crippen molar-refractivity contribution < 1.29 is 4.79 Å². The Morgan fingerprint density at radius 3 is 2.35 bits per heavy atom. The second-order valence-corrected chi connectivity index (χ2v) is 9.31. The number of nitrogens with one attached hydrogen (secondary N) is 2. The van der Waals surface area contributed by atoms with Gasteiger partial charge in [-0.2, -0.15) is 0 Å². The zero-order valence-corrected chi connectivity index (χ0v) is 22.6. The number of carbonyl (C=O) groups excluding carboxylic acids is 1. The zero-order valence-electron chi connectivity index (χ0n) is 22.6. The molecule has 0 unspecified atom stereocenters. The number of hydrogen-bond acceptors (Lipinski definition) is 6. The number of amides is 1. The van der Waals surface area contributed by atoms with Gasteiger partial charge in [0.05, 0.1) is 5.69 Å². The summed E-state index contributed by atoms with van der Waals surface area (Å²) in [6.45, 7) is 10.6. The highest BCUT2D eigenvalue weighted by molar-refractivity contribution is 5.87. The molecule has 2 aromatic heterocycles. The highest BCUT2D eigenvalue weighted by atomic mass is 16.1. The Morgan fingerprint density at radius 1 is 0.919 bits per heavy atom. The lowest BCUT2D eigenvalue weighted by molar-refractivity contribution is -0.114. The third-order valence-corrected chi connectivity index (χ3v) is 6.17. The summed E-state index contributed by atoms with van der Waals surface area (Å²) in [6.07, 6.45) is 2.81. The molecule has 2 N–H and O–H groups in total. The maximum atomic E-state index is 11.2. The summed E-state index contributed by atoms with van der Waals surface area (Å²) >= 11 is 0. The number of anilines is 2. The molecule has 3 rings (SSSR count). The fourth-order valence-corrected chi connectivity index (χ4v) is 3.64. The molecule has 0 aliphatic carbocycles. The summed E-state index contributed by atoms with van der Waals surface area (Å²) in [5.74, 6) is 7.52. The topological polar surface area (TPSA) is 73.4 Å². The van der Waals surface area contributed by atoms with Crippen molar-refractivity contribution in [2.24, 2.45) is 0 Å². The van der Waals surface area contributed by atoms with E-state index in [0.717, 1.165) is 55.2 Å². The molecule has 0 fully saturated rings. The molecule has 1 amide bonds. The Balaban J connectivity index is 1.51. The second kappa shape index (κ2) is 14.1. The molecular weight excluding hydrogens is 460 g/mol. The molecular formula is C30H38N6O. The summed E-state index contributed by atoms with van der Waals surface area (Å²) in [5, 5.41) is 6.08. The van der Waals surface area contributed by atoms with Crippen LogP contribution in [0.15, 0.2) is 54.7 Å². The minimum absolute atomic E-state index is 0.146. The number of pyridine rings is 2. The number of aryl methyl sites for hydroxylation is 1. The molecule has 3 aromatic rings. The van der Waals surface area contributed by atoms with Gasteiger partial charge in [0.2, 0.25) is 5.91 Å². The molecule has 2 heterocycles. The van der Waals surface area contributed by atoms with Gasteiger partial charge >= 0.3 is 0 Å². The normalized spacial score (nSPS) is 10.8. The highest BCUT2D eigenvalue weighted by Crippen LogP contribution is 2.12. The Hall–Kier alpha value is -3.73. The van der Waals surface area contributed by atoms with Gasteiger partial charge in [0.25, 0.3) is 0 Å². The van der Waals surface area contributed by atoms with Crippen LogP contribution in [0, 0.1) is 18.8 Å². The quantitative estimate of drug-likeness (QED) is 0.387. The van der Waals surface area contributed by atoms with E-state index in [4.69, 9.17) is 0 Å². The van der Waals surface area contributed by atoms with Gasteiger partial charge in [-0.15, -0.1) is 0 Å². The van der Waals surface area contributed by atoms with Crippen molar-refractivity contribution in [1.82, 2.24) is 19.8 Å². The number of hydrogen-bond donors (Lipinski definition) is 2. The van der Waals surface area contributed by atoms with Gasteiger partial charge in [0.15, 0.2) is 0 Å². The Kier molecular flexibility index (Phi) is 10.6. The molecule has 0 radical (unpaired) electrons. The fraction of sp³-hybridized carbons (Fsp3) is 0.367. The van der Waals surface area contributed by atoms with Crippen LogP contribution in [0.3, 0.4) is 0 Å².